The molecule has 0 aliphatic heterocycles. The second kappa shape index (κ2) is 104. The Morgan fingerprint density at radius 2 is 0.0597 bits per heavy atom. The smallest absolute Gasteiger partial charge is 0 e. The lowest BCUT2D eigenvalue weighted by molar-refractivity contribution is 2.31. The van der Waals surface area contributed by atoms with Crippen LogP contribution in [-0.4, -0.2) is 0 Å². The summed E-state index contributed by atoms with van der Waals surface area (Å²) in [6.45, 7) is 0. The highest BCUT2D eigenvalue weighted by Crippen LogP contribution is 1.71. The van der Waals surface area contributed by atoms with Crippen molar-refractivity contribution >= 4 is 0 Å². The normalized spacial score (nSPS) is 3.96. The molecule has 0 heteroatoms. The summed E-state index contributed by atoms with van der Waals surface area (Å²) < 4.78 is 0. The SMILES string of the molecule is C#CC#CC#CC#CC#CC#CC#CC#CC#CC#CC#CC#CC#CC#CC#CC#CC#CC#CC#CC#CC#CC#CC#CC#CC#CC#CC#CC#CC#CC#CC#CC#CC#CC#CC#CC#CC#CC#CC#CC#CC#CC#CC#CC#CC#CC#CC#CC#CC#CC#CC#CC#CC#CC#CC#CC#CC#CC#CC#CC#CC#CC#CC#CC#CC#CC#CC#C. The highest BCUT2D eigenvalue weighted by molar-refractivity contribution is 5.59. The van der Waals surface area contributed by atoms with Gasteiger partial charge in [0, 0.05) is 687 Å². The molecule has 0 spiro atoms. The summed E-state index contributed by atoms with van der Waals surface area (Å²) in [6, 6.07) is 0. The summed E-state index contributed by atoms with van der Waals surface area (Å²) >= 11 is 0. The zero-order valence-electron chi connectivity index (χ0n) is 67.2. The van der Waals surface area contributed by atoms with Gasteiger partial charge in [-0.3, -0.25) is 0 Å². The fourth-order valence-corrected chi connectivity index (χ4v) is 4.07. The molecule has 0 aromatic heterocycles. The fraction of sp³-hybridized carbons (Fsp3) is 0. The molecule has 0 fully saturated rings. The maximum absolute atomic E-state index is 4.96. The van der Waals surface area contributed by atoms with Crippen molar-refractivity contribution in [2.75, 3.05) is 0 Å². The van der Waals surface area contributed by atoms with Gasteiger partial charge in [-0.15, -0.1) is 12.8 Å². The molecule has 0 bridgehead atoms. The van der Waals surface area contributed by atoms with Gasteiger partial charge in [0.2, 0.25) is 0 Å². The summed E-state index contributed by atoms with van der Waals surface area (Å²) in [4.78, 5) is 0. The lowest BCUT2D eigenvalue weighted by Gasteiger charge is -1.58. The molecule has 0 radical (unpaired) electrons. The Morgan fingerprint density at radius 1 is 0.0373 bits per heavy atom. The van der Waals surface area contributed by atoms with Crippen LogP contribution in [0.25, 0.3) is 0 Å². The average Bonchev–Trinajstić information content (AvgIpc) is 1.13. The van der Waals surface area contributed by atoms with Gasteiger partial charge in [-0.2, -0.15) is 0 Å². The first-order valence-corrected chi connectivity index (χ1v) is 33.3. The van der Waals surface area contributed by atoms with Crippen molar-refractivity contribution in [3.05, 3.63) is 0 Å². The Bertz CT molecular complexity index is 8890. The van der Waals surface area contributed by atoms with Gasteiger partial charge in [0.05, 0.1) is 0 Å². The van der Waals surface area contributed by atoms with E-state index < -0.39 is 0 Å². The van der Waals surface area contributed by atoms with Crippen LogP contribution in [0, 0.1) is 794 Å². The molecule has 0 aromatic rings. The first-order valence-electron chi connectivity index (χ1n) is 33.3. The molecular weight excluding hydrogens is 1610 g/mol. The van der Waals surface area contributed by atoms with Gasteiger partial charge in [0.15, 0.2) is 0 Å². The van der Waals surface area contributed by atoms with Gasteiger partial charge < -0.3 is 0 Å². The quantitative estimate of drug-likeness (QED) is 0.311. The van der Waals surface area contributed by atoms with Gasteiger partial charge in [0.25, 0.3) is 0 Å². The third-order valence-electron chi connectivity index (χ3n) is 8.21. The molecule has 0 saturated carbocycles. The first-order chi connectivity index (χ1) is 66.9. The maximum atomic E-state index is 4.96. The highest BCUT2D eigenvalue weighted by atomic mass is 13.7. The Labute approximate surface area is 788 Å². The first kappa shape index (κ1) is 105. The summed E-state index contributed by atoms with van der Waals surface area (Å²) in [5, 5.41) is 0. The zero-order chi connectivity index (χ0) is 95.3. The van der Waals surface area contributed by atoms with E-state index >= 15 is 0 Å². The van der Waals surface area contributed by atoms with E-state index in [9.17, 15) is 0 Å². The van der Waals surface area contributed by atoms with Crippen LogP contribution in [0.4, 0.5) is 0 Å². The molecule has 0 nitrogen and oxygen atoms in total. The fourth-order valence-electron chi connectivity index (χ4n) is 4.07. The van der Waals surface area contributed by atoms with Crippen molar-refractivity contribution < 1.29 is 0 Å². The number of hydrogen-bond acceptors (Lipinski definition) is 0. The lowest BCUT2D eigenvalue weighted by Crippen LogP contribution is -1.57. The minimum Gasteiger partial charge on any atom is -0.106 e. The monoisotopic (exact) mass is 1610 g/mol. The van der Waals surface area contributed by atoms with Crippen LogP contribution in [0.1, 0.15) is 0 Å². The van der Waals surface area contributed by atoms with Gasteiger partial charge in [-0.05, 0) is 94.7 Å². The Balaban J connectivity index is 4.66. The van der Waals surface area contributed by atoms with E-state index in [0.717, 1.165) is 0 Å². The van der Waals surface area contributed by atoms with Gasteiger partial charge in [-0.1, -0.05) is 0 Å². The largest absolute Gasteiger partial charge is 0.106 e. The zero-order valence-corrected chi connectivity index (χ0v) is 67.2. The molecule has 0 aliphatic rings. The summed E-state index contributed by atoms with van der Waals surface area (Å²) in [6.07, 6.45) is 9.91. The summed E-state index contributed by atoms with van der Waals surface area (Å²) in [5.41, 5.74) is 0. The van der Waals surface area contributed by atoms with Crippen LogP contribution >= 0.6 is 0 Å². The van der Waals surface area contributed by atoms with E-state index in [4.69, 9.17) is 12.8 Å². The van der Waals surface area contributed by atoms with Crippen molar-refractivity contribution in [3.8, 4) is 794 Å². The third kappa shape index (κ3) is 103. The molecular formula is C134H2. The predicted octanol–water partition coefficient (Wildman–Crippen LogP) is 0.474. The second-order valence-electron chi connectivity index (χ2n) is 16.5. The molecule has 0 unspecified atom stereocenters. The molecule has 134 heavy (non-hydrogen) atoms. The average molecular weight is 1610 g/mol. The van der Waals surface area contributed by atoms with Crippen LogP contribution in [0.3, 0.4) is 0 Å². The third-order valence-corrected chi connectivity index (χ3v) is 8.21. The summed E-state index contributed by atoms with van der Waals surface area (Å²) in [5.74, 6) is 328. The van der Waals surface area contributed by atoms with E-state index in [1.54, 1.807) is 0 Å². The van der Waals surface area contributed by atoms with Crippen LogP contribution < -0.4 is 0 Å². The van der Waals surface area contributed by atoms with Crippen LogP contribution in [0.15, 0.2) is 0 Å². The van der Waals surface area contributed by atoms with Crippen molar-refractivity contribution in [3.63, 3.8) is 0 Å². The van der Waals surface area contributed by atoms with E-state index in [-0.39, 0.29) is 0 Å². The molecule has 0 rings (SSSR count). The van der Waals surface area contributed by atoms with E-state index in [0.29, 0.717) is 0 Å². The van der Waals surface area contributed by atoms with Crippen LogP contribution in [0.5, 0.6) is 0 Å². The molecule has 0 saturated heterocycles. The van der Waals surface area contributed by atoms with Gasteiger partial charge >= 0.3 is 0 Å². The predicted molar refractivity (Wildman–Crippen MR) is 523 cm³/mol. The number of hydrogen-bond donors (Lipinski definition) is 0. The number of rotatable bonds is 0. The van der Waals surface area contributed by atoms with Crippen molar-refractivity contribution in [2.45, 2.75) is 0 Å². The van der Waals surface area contributed by atoms with Crippen LogP contribution in [0.2, 0.25) is 0 Å². The van der Waals surface area contributed by atoms with Crippen LogP contribution in [-0.2, 0) is 0 Å². The Hall–Kier alpha value is -29.5. The summed E-state index contributed by atoms with van der Waals surface area (Å²) in [7, 11) is 0. The molecule has 0 amide bonds. The molecule has 0 aromatic carbocycles. The van der Waals surface area contributed by atoms with Gasteiger partial charge in [0.1, 0.15) is 0 Å². The van der Waals surface area contributed by atoms with E-state index in [1.165, 1.54) is 0 Å². The topological polar surface area (TPSA) is 0 Å². The second-order valence-corrected chi connectivity index (χ2v) is 16.5. The molecule has 538 valence electrons. The standard InChI is InChI=1S/C134H2/c1-3-5-7-9-11-13-15-17-19-21-23-25-27-29-31-33-35-37-39-41-43-45-47-49-51-53-55-57-59-61-63-65-67-69-71-73-75-77-79-81-83-85-87-89-91-93-95-97-99-101-103-105-107-109-111-113-115-117-119-121-123-125-127-129-131-133-134-132-130-128-126-124-122-120-118-116-114-112-110-108-106-104-102-100-98-96-94-92-90-88-86-84-82-80-78-76-74-72-70-68-66-64-62-60-58-56-54-52-50-48-46-44-42-40-38-36-34-32-30-28-26-24-22-20-18-16-14-12-10-8-6-4-2/h1-2H. The maximum Gasteiger partial charge on any atom is 0 e. The Kier molecular flexibility index (Phi) is 80.7. The Morgan fingerprint density at radius 3 is 0.0821 bits per heavy atom. The van der Waals surface area contributed by atoms with Crippen molar-refractivity contribution in [1.82, 2.24) is 0 Å². The van der Waals surface area contributed by atoms with Crippen molar-refractivity contribution in [2.24, 2.45) is 0 Å². The molecule has 0 N–H and O–H groups in total. The molecule has 0 aliphatic carbocycles. The minimum atomic E-state index is 2.12. The van der Waals surface area contributed by atoms with E-state index in [2.05, 4.69) is 781 Å². The lowest BCUT2D eigenvalue weighted by atomic mass is 10.4. The van der Waals surface area contributed by atoms with Gasteiger partial charge in [-0.25, -0.2) is 0 Å². The minimum absolute atomic E-state index is 2.12. The molecule has 0 atom stereocenters. The van der Waals surface area contributed by atoms with Crippen molar-refractivity contribution in [1.29, 1.82) is 0 Å². The number of terminal acetylenes is 2. The van der Waals surface area contributed by atoms with E-state index in [1.807, 2.05) is 0 Å². The molecule has 0 heterocycles. The highest BCUT2D eigenvalue weighted by Gasteiger charge is 1.70.